The van der Waals surface area contributed by atoms with Crippen LogP contribution in [0.4, 0.5) is 5.82 Å². The van der Waals surface area contributed by atoms with Crippen LogP contribution < -0.4 is 14.8 Å². The highest BCUT2D eigenvalue weighted by atomic mass is 16.7. The molecule has 0 saturated heterocycles. The molecular weight excluding hydrogens is 358 g/mol. The summed E-state index contributed by atoms with van der Waals surface area (Å²) in [4.78, 5) is 21.5. The molecule has 2 aliphatic heterocycles. The number of amides is 1. The van der Waals surface area contributed by atoms with Crippen LogP contribution in [-0.2, 0) is 4.79 Å². The number of fused-ring (bicyclic) bond motifs is 2. The molecule has 0 saturated carbocycles. The van der Waals surface area contributed by atoms with E-state index in [0.29, 0.717) is 23.9 Å². The Morgan fingerprint density at radius 2 is 1.82 bits per heavy atom. The lowest BCUT2D eigenvalue weighted by Crippen LogP contribution is -2.25. The quantitative estimate of drug-likeness (QED) is 0.738. The monoisotopic (exact) mass is 377 g/mol. The van der Waals surface area contributed by atoms with Crippen LogP contribution in [0.5, 0.6) is 11.5 Å². The van der Waals surface area contributed by atoms with Crippen molar-refractivity contribution in [2.24, 2.45) is 0 Å². The van der Waals surface area contributed by atoms with Gasteiger partial charge in [0.15, 0.2) is 11.5 Å². The van der Waals surface area contributed by atoms with Gasteiger partial charge in [-0.2, -0.15) is 9.78 Å². The molecule has 0 fully saturated rings. The van der Waals surface area contributed by atoms with Gasteiger partial charge in [0.25, 0.3) is 5.95 Å². The molecule has 0 spiro atoms. The maximum atomic E-state index is 12.5. The minimum Gasteiger partial charge on any atom is -0.454 e. The maximum Gasteiger partial charge on any atom is 0.252 e. The lowest BCUT2D eigenvalue weighted by molar-refractivity contribution is -0.116. The molecular formula is C20H19N5O3. The average Bonchev–Trinajstić information content (AvgIpc) is 3.24. The van der Waals surface area contributed by atoms with Gasteiger partial charge in [-0.3, -0.25) is 4.79 Å². The number of nitrogens with zero attached hydrogens (tertiary/aromatic N) is 4. The molecule has 2 aliphatic rings. The van der Waals surface area contributed by atoms with E-state index in [-0.39, 0.29) is 18.6 Å². The number of anilines is 1. The predicted molar refractivity (Wildman–Crippen MR) is 101 cm³/mol. The van der Waals surface area contributed by atoms with Crippen LogP contribution >= 0.6 is 0 Å². The zero-order valence-electron chi connectivity index (χ0n) is 15.8. The average molecular weight is 377 g/mol. The highest BCUT2D eigenvalue weighted by Crippen LogP contribution is 2.43. The molecule has 3 aromatic rings. The normalized spacial score (nSPS) is 17.4. The third kappa shape index (κ3) is 2.60. The number of carbonyl (C=O) groups is 1. The van der Waals surface area contributed by atoms with E-state index in [9.17, 15) is 4.79 Å². The van der Waals surface area contributed by atoms with Crippen molar-refractivity contribution < 1.29 is 14.3 Å². The summed E-state index contributed by atoms with van der Waals surface area (Å²) < 4.78 is 12.5. The Morgan fingerprint density at radius 1 is 1.07 bits per heavy atom. The number of aryl methyl sites for hydroxylation is 3. The fourth-order valence-corrected chi connectivity index (χ4v) is 3.91. The SMILES string of the molecule is Cc1cc(C)nc(-n2nc(C)c3c2NC(=O)C[C@@H]3c2ccc3c(c2)OCO3)n1. The summed E-state index contributed by atoms with van der Waals surface area (Å²) in [5.74, 6) is 2.31. The number of hydrogen-bond acceptors (Lipinski definition) is 6. The second-order valence-electron chi connectivity index (χ2n) is 7.13. The van der Waals surface area contributed by atoms with Crippen LogP contribution in [0, 0.1) is 20.8 Å². The van der Waals surface area contributed by atoms with Crippen LogP contribution in [0.2, 0.25) is 0 Å². The molecule has 1 atom stereocenters. The number of nitrogens with one attached hydrogen (secondary N) is 1. The predicted octanol–water partition coefficient (Wildman–Crippen LogP) is 2.79. The van der Waals surface area contributed by atoms with Crippen molar-refractivity contribution >= 4 is 11.7 Å². The first-order valence-electron chi connectivity index (χ1n) is 9.11. The minimum atomic E-state index is -0.127. The number of benzene rings is 1. The maximum absolute atomic E-state index is 12.5. The molecule has 1 amide bonds. The molecule has 8 nitrogen and oxygen atoms in total. The molecule has 1 aromatic carbocycles. The zero-order chi connectivity index (χ0) is 19.4. The van der Waals surface area contributed by atoms with E-state index in [1.165, 1.54) is 0 Å². The molecule has 8 heteroatoms. The summed E-state index contributed by atoms with van der Waals surface area (Å²) in [6, 6.07) is 7.71. The third-order valence-corrected chi connectivity index (χ3v) is 5.06. The Balaban J connectivity index is 1.65. The second-order valence-corrected chi connectivity index (χ2v) is 7.13. The van der Waals surface area contributed by atoms with Crippen LogP contribution in [0.25, 0.3) is 5.95 Å². The van der Waals surface area contributed by atoms with Gasteiger partial charge in [-0.15, -0.1) is 0 Å². The fourth-order valence-electron chi connectivity index (χ4n) is 3.91. The molecule has 0 aliphatic carbocycles. The number of ether oxygens (including phenoxy) is 2. The topological polar surface area (TPSA) is 91.2 Å². The van der Waals surface area contributed by atoms with Crippen molar-refractivity contribution in [1.29, 1.82) is 0 Å². The number of carbonyl (C=O) groups excluding carboxylic acids is 1. The third-order valence-electron chi connectivity index (χ3n) is 5.06. The van der Waals surface area contributed by atoms with Gasteiger partial charge in [0, 0.05) is 29.3 Å². The molecule has 28 heavy (non-hydrogen) atoms. The first kappa shape index (κ1) is 16.7. The van der Waals surface area contributed by atoms with Crippen molar-refractivity contribution in [3.05, 3.63) is 52.5 Å². The molecule has 4 heterocycles. The largest absolute Gasteiger partial charge is 0.454 e. The summed E-state index contributed by atoms with van der Waals surface area (Å²) in [6.45, 7) is 5.98. The van der Waals surface area contributed by atoms with E-state index in [0.717, 1.165) is 34.0 Å². The van der Waals surface area contributed by atoms with Gasteiger partial charge < -0.3 is 14.8 Å². The van der Waals surface area contributed by atoms with Crippen molar-refractivity contribution in [3.63, 3.8) is 0 Å². The smallest absolute Gasteiger partial charge is 0.252 e. The number of aromatic nitrogens is 4. The molecule has 5 rings (SSSR count). The lowest BCUT2D eigenvalue weighted by atomic mass is 9.85. The van der Waals surface area contributed by atoms with Gasteiger partial charge in [-0.25, -0.2) is 9.97 Å². The molecule has 0 unspecified atom stereocenters. The molecule has 1 N–H and O–H groups in total. The summed E-state index contributed by atoms with van der Waals surface area (Å²) in [7, 11) is 0. The van der Waals surface area contributed by atoms with Crippen molar-refractivity contribution in [3.8, 4) is 17.4 Å². The highest BCUT2D eigenvalue weighted by Gasteiger charge is 2.34. The van der Waals surface area contributed by atoms with Gasteiger partial charge in [0.1, 0.15) is 5.82 Å². The Hall–Kier alpha value is -3.42. The molecule has 0 bridgehead atoms. The summed E-state index contributed by atoms with van der Waals surface area (Å²) in [5, 5.41) is 7.61. The minimum absolute atomic E-state index is 0.0688. The van der Waals surface area contributed by atoms with Crippen LogP contribution in [0.3, 0.4) is 0 Å². The van der Waals surface area contributed by atoms with E-state index in [1.54, 1.807) is 4.68 Å². The van der Waals surface area contributed by atoms with E-state index in [2.05, 4.69) is 20.4 Å². The molecule has 142 valence electrons. The van der Waals surface area contributed by atoms with Crippen molar-refractivity contribution in [1.82, 2.24) is 19.7 Å². The number of rotatable bonds is 2. The Morgan fingerprint density at radius 3 is 2.61 bits per heavy atom. The van der Waals surface area contributed by atoms with E-state index < -0.39 is 0 Å². The van der Waals surface area contributed by atoms with E-state index in [1.807, 2.05) is 45.0 Å². The van der Waals surface area contributed by atoms with Gasteiger partial charge in [0.05, 0.1) is 5.69 Å². The number of hydrogen-bond donors (Lipinski definition) is 1. The first-order valence-corrected chi connectivity index (χ1v) is 9.11. The van der Waals surface area contributed by atoms with Crippen LogP contribution in [0.15, 0.2) is 24.3 Å². The van der Waals surface area contributed by atoms with E-state index in [4.69, 9.17) is 9.47 Å². The summed E-state index contributed by atoms with van der Waals surface area (Å²) in [5.41, 5.74) is 4.49. The van der Waals surface area contributed by atoms with Crippen LogP contribution in [0.1, 0.15) is 40.5 Å². The Labute approximate surface area is 161 Å². The Kier molecular flexibility index (Phi) is 3.61. The summed E-state index contributed by atoms with van der Waals surface area (Å²) in [6.07, 6.45) is 0.340. The lowest BCUT2D eigenvalue weighted by Gasteiger charge is -2.24. The van der Waals surface area contributed by atoms with Gasteiger partial charge >= 0.3 is 0 Å². The highest BCUT2D eigenvalue weighted by molar-refractivity contribution is 5.95. The molecule has 2 aromatic heterocycles. The fraction of sp³-hybridized carbons (Fsp3) is 0.300. The Bertz CT molecular complexity index is 1100. The second kappa shape index (κ2) is 6.05. The summed E-state index contributed by atoms with van der Waals surface area (Å²) >= 11 is 0. The van der Waals surface area contributed by atoms with Gasteiger partial charge in [0.2, 0.25) is 12.7 Å². The molecule has 0 radical (unpaired) electrons. The van der Waals surface area contributed by atoms with Crippen molar-refractivity contribution in [2.75, 3.05) is 12.1 Å². The standard InChI is InChI=1S/C20H19N5O3/c1-10-6-11(2)22-20(21-10)25-19-18(12(3)24-25)14(8-17(26)23-19)13-4-5-15-16(7-13)28-9-27-15/h4-7,14H,8-9H2,1-3H3,(H,23,26)/t14-/m1/s1. The first-order chi connectivity index (χ1) is 13.5. The zero-order valence-corrected chi connectivity index (χ0v) is 15.8. The van der Waals surface area contributed by atoms with Gasteiger partial charge in [-0.05, 0) is 44.5 Å². The van der Waals surface area contributed by atoms with E-state index >= 15 is 0 Å². The van der Waals surface area contributed by atoms with Crippen LogP contribution in [-0.4, -0.2) is 32.4 Å². The van der Waals surface area contributed by atoms with Crippen molar-refractivity contribution in [2.45, 2.75) is 33.1 Å². The van der Waals surface area contributed by atoms with Gasteiger partial charge in [-0.1, -0.05) is 6.07 Å².